The SMILES string of the molecule is COc1ccc(C)cc1-n1c(SCC(=O)Nc2ccc(F)c(F)c2F)nc2ccccc2c1=O. The molecule has 0 aliphatic heterocycles. The van der Waals surface area contributed by atoms with Crippen molar-refractivity contribution in [3.05, 3.63) is 88.0 Å². The number of aromatic nitrogens is 2. The largest absolute Gasteiger partial charge is 0.495 e. The molecule has 0 aliphatic rings. The van der Waals surface area contributed by atoms with Gasteiger partial charge >= 0.3 is 0 Å². The van der Waals surface area contributed by atoms with Crippen molar-refractivity contribution < 1.29 is 22.7 Å². The van der Waals surface area contributed by atoms with E-state index in [1.165, 1.54) is 11.7 Å². The Labute approximate surface area is 196 Å². The van der Waals surface area contributed by atoms with Crippen molar-refractivity contribution >= 4 is 34.3 Å². The second-order valence-corrected chi connectivity index (χ2v) is 8.23. The first kappa shape index (κ1) is 23.4. The summed E-state index contributed by atoms with van der Waals surface area (Å²) in [7, 11) is 1.48. The number of fused-ring (bicyclic) bond motifs is 1. The van der Waals surface area contributed by atoms with E-state index in [1.54, 1.807) is 36.4 Å². The van der Waals surface area contributed by atoms with Crippen LogP contribution in [0.5, 0.6) is 5.75 Å². The highest BCUT2D eigenvalue weighted by atomic mass is 32.2. The number of nitrogens with zero attached hydrogens (tertiary/aromatic N) is 2. The van der Waals surface area contributed by atoms with Gasteiger partial charge in [0, 0.05) is 0 Å². The van der Waals surface area contributed by atoms with Gasteiger partial charge in [0.2, 0.25) is 5.91 Å². The number of thioether (sulfide) groups is 1. The molecule has 3 aromatic carbocycles. The van der Waals surface area contributed by atoms with Crippen LogP contribution in [0.4, 0.5) is 18.9 Å². The molecule has 0 bridgehead atoms. The van der Waals surface area contributed by atoms with Crippen LogP contribution in [-0.2, 0) is 4.79 Å². The maximum atomic E-state index is 13.9. The first-order valence-corrected chi connectivity index (χ1v) is 11.0. The van der Waals surface area contributed by atoms with Gasteiger partial charge in [0.15, 0.2) is 22.6 Å². The first-order valence-electron chi connectivity index (χ1n) is 10.0. The fraction of sp³-hybridized carbons (Fsp3) is 0.125. The summed E-state index contributed by atoms with van der Waals surface area (Å²) >= 11 is 0.930. The van der Waals surface area contributed by atoms with Gasteiger partial charge in [-0.1, -0.05) is 30.0 Å². The maximum Gasteiger partial charge on any atom is 0.266 e. The van der Waals surface area contributed by atoms with Crippen molar-refractivity contribution in [1.29, 1.82) is 0 Å². The molecular formula is C24H18F3N3O3S. The molecule has 4 aromatic rings. The molecule has 174 valence electrons. The second-order valence-electron chi connectivity index (χ2n) is 7.29. The molecular weight excluding hydrogens is 467 g/mol. The highest BCUT2D eigenvalue weighted by molar-refractivity contribution is 7.99. The number of rotatable bonds is 6. The van der Waals surface area contributed by atoms with E-state index >= 15 is 0 Å². The number of hydrogen-bond acceptors (Lipinski definition) is 5. The normalized spacial score (nSPS) is 11.0. The molecule has 34 heavy (non-hydrogen) atoms. The molecule has 1 heterocycles. The number of halogens is 3. The van der Waals surface area contributed by atoms with Crippen molar-refractivity contribution in [2.24, 2.45) is 0 Å². The Kier molecular flexibility index (Phi) is 6.60. The zero-order chi connectivity index (χ0) is 24.4. The number of benzene rings is 3. The van der Waals surface area contributed by atoms with Crippen LogP contribution in [0.2, 0.25) is 0 Å². The molecule has 0 saturated carbocycles. The number of hydrogen-bond donors (Lipinski definition) is 1. The summed E-state index contributed by atoms with van der Waals surface area (Å²) in [4.78, 5) is 30.4. The highest BCUT2D eigenvalue weighted by Gasteiger charge is 2.19. The van der Waals surface area contributed by atoms with Crippen LogP contribution in [0.3, 0.4) is 0 Å². The Morgan fingerprint density at radius 2 is 1.85 bits per heavy atom. The summed E-state index contributed by atoms with van der Waals surface area (Å²) in [5, 5.41) is 2.79. The summed E-state index contributed by atoms with van der Waals surface area (Å²) in [6, 6.07) is 13.7. The molecule has 1 amide bonds. The molecule has 0 fully saturated rings. The molecule has 10 heteroatoms. The summed E-state index contributed by atoms with van der Waals surface area (Å²) < 4.78 is 47.3. The third kappa shape index (κ3) is 4.49. The molecule has 4 rings (SSSR count). The molecule has 1 N–H and O–H groups in total. The van der Waals surface area contributed by atoms with E-state index in [4.69, 9.17) is 4.74 Å². The summed E-state index contributed by atoms with van der Waals surface area (Å²) in [5.41, 5.74) is 0.904. The lowest BCUT2D eigenvalue weighted by Gasteiger charge is -2.16. The highest BCUT2D eigenvalue weighted by Crippen LogP contribution is 2.28. The van der Waals surface area contributed by atoms with Crippen LogP contribution in [0, 0.1) is 24.4 Å². The molecule has 1 aromatic heterocycles. The third-order valence-corrected chi connectivity index (χ3v) is 5.90. The number of carbonyl (C=O) groups is 1. The van der Waals surface area contributed by atoms with Crippen molar-refractivity contribution in [2.45, 2.75) is 12.1 Å². The monoisotopic (exact) mass is 485 g/mol. The van der Waals surface area contributed by atoms with Gasteiger partial charge in [0.05, 0.1) is 35.1 Å². The average Bonchev–Trinajstić information content (AvgIpc) is 2.83. The van der Waals surface area contributed by atoms with E-state index in [9.17, 15) is 22.8 Å². The molecule has 0 saturated heterocycles. The molecule has 0 radical (unpaired) electrons. The fourth-order valence-electron chi connectivity index (χ4n) is 3.34. The van der Waals surface area contributed by atoms with E-state index in [1.807, 2.05) is 13.0 Å². The summed E-state index contributed by atoms with van der Waals surface area (Å²) in [6.07, 6.45) is 0. The molecule has 6 nitrogen and oxygen atoms in total. The second kappa shape index (κ2) is 9.60. The zero-order valence-electron chi connectivity index (χ0n) is 18.1. The minimum Gasteiger partial charge on any atom is -0.495 e. The molecule has 0 aliphatic carbocycles. The number of ether oxygens (including phenoxy) is 1. The van der Waals surface area contributed by atoms with Crippen LogP contribution in [-0.4, -0.2) is 28.3 Å². The standard InChI is InChI=1S/C24H18F3N3O3S/c1-13-7-10-19(33-2)18(11-13)30-23(32)14-5-3-4-6-16(14)29-24(30)34-12-20(31)28-17-9-8-15(25)21(26)22(17)27/h3-11H,12H2,1-2H3,(H,28,31). The number of aryl methyl sites for hydroxylation is 1. The number of nitrogens with one attached hydrogen (secondary N) is 1. The van der Waals surface area contributed by atoms with Crippen LogP contribution in [0.15, 0.2) is 64.5 Å². The first-order chi connectivity index (χ1) is 16.3. The van der Waals surface area contributed by atoms with Gasteiger partial charge in [-0.2, -0.15) is 0 Å². The Balaban J connectivity index is 1.72. The third-order valence-electron chi connectivity index (χ3n) is 4.96. The Hall–Kier alpha value is -3.79. The number of anilines is 1. The predicted octanol–water partition coefficient (Wildman–Crippen LogP) is 4.85. The number of para-hydroxylation sites is 1. The predicted molar refractivity (Wildman–Crippen MR) is 124 cm³/mol. The van der Waals surface area contributed by atoms with Crippen LogP contribution >= 0.6 is 11.8 Å². The summed E-state index contributed by atoms with van der Waals surface area (Å²) in [6.45, 7) is 1.86. The van der Waals surface area contributed by atoms with Crippen LogP contribution in [0.1, 0.15) is 5.56 Å². The van der Waals surface area contributed by atoms with Gasteiger partial charge in [-0.3, -0.25) is 14.2 Å². The molecule has 0 unspecified atom stereocenters. The Bertz CT molecular complexity index is 1470. The van der Waals surface area contributed by atoms with Gasteiger partial charge in [-0.05, 0) is 48.9 Å². The van der Waals surface area contributed by atoms with Gasteiger partial charge in [0.25, 0.3) is 5.56 Å². The van der Waals surface area contributed by atoms with E-state index in [0.29, 0.717) is 28.4 Å². The van der Waals surface area contributed by atoms with Crippen LogP contribution < -0.4 is 15.6 Å². The van der Waals surface area contributed by atoms with E-state index in [0.717, 1.165) is 23.4 Å². The fourth-order valence-corrected chi connectivity index (χ4v) is 4.14. The topological polar surface area (TPSA) is 73.2 Å². The van der Waals surface area contributed by atoms with Gasteiger partial charge in [-0.15, -0.1) is 0 Å². The lowest BCUT2D eigenvalue weighted by atomic mass is 10.2. The van der Waals surface area contributed by atoms with Crippen LogP contribution in [0.25, 0.3) is 16.6 Å². The number of carbonyl (C=O) groups excluding carboxylic acids is 1. The van der Waals surface area contributed by atoms with Crippen molar-refractivity contribution in [3.8, 4) is 11.4 Å². The van der Waals surface area contributed by atoms with E-state index < -0.39 is 29.0 Å². The lowest BCUT2D eigenvalue weighted by Crippen LogP contribution is -2.23. The van der Waals surface area contributed by atoms with Gasteiger partial charge < -0.3 is 10.1 Å². The smallest absolute Gasteiger partial charge is 0.266 e. The Morgan fingerprint density at radius 1 is 1.09 bits per heavy atom. The minimum atomic E-state index is -1.68. The maximum absolute atomic E-state index is 13.9. The number of amides is 1. The van der Waals surface area contributed by atoms with E-state index in [-0.39, 0.29) is 16.5 Å². The Morgan fingerprint density at radius 3 is 2.62 bits per heavy atom. The molecule has 0 spiro atoms. The van der Waals surface area contributed by atoms with Gasteiger partial charge in [-0.25, -0.2) is 18.2 Å². The van der Waals surface area contributed by atoms with E-state index in [2.05, 4.69) is 10.3 Å². The molecule has 0 atom stereocenters. The zero-order valence-corrected chi connectivity index (χ0v) is 18.9. The average molecular weight is 485 g/mol. The quantitative estimate of drug-likeness (QED) is 0.240. The van der Waals surface area contributed by atoms with Crippen molar-refractivity contribution in [3.63, 3.8) is 0 Å². The summed E-state index contributed by atoms with van der Waals surface area (Å²) in [5.74, 6) is -5.08. The minimum absolute atomic E-state index is 0.202. The number of methoxy groups -OCH3 is 1. The van der Waals surface area contributed by atoms with Crippen molar-refractivity contribution in [1.82, 2.24) is 9.55 Å². The lowest BCUT2D eigenvalue weighted by molar-refractivity contribution is -0.113. The van der Waals surface area contributed by atoms with Crippen molar-refractivity contribution in [2.75, 3.05) is 18.2 Å². The van der Waals surface area contributed by atoms with Gasteiger partial charge in [0.1, 0.15) is 5.75 Å².